The molecule has 5 nitrogen and oxygen atoms in total. The Hall–Kier alpha value is -2.50. The summed E-state index contributed by atoms with van der Waals surface area (Å²) >= 11 is 0. The van der Waals surface area contributed by atoms with Crippen LogP contribution in [0.15, 0.2) is 30.6 Å². The van der Waals surface area contributed by atoms with E-state index in [1.54, 1.807) is 25.3 Å². The van der Waals surface area contributed by atoms with E-state index in [9.17, 15) is 9.18 Å². The molecular formula is C12H11FN4O. The predicted molar refractivity (Wildman–Crippen MR) is 65.5 cm³/mol. The summed E-state index contributed by atoms with van der Waals surface area (Å²) in [5.74, 6) is -1.15. The van der Waals surface area contributed by atoms with E-state index in [1.807, 2.05) is 0 Å². The van der Waals surface area contributed by atoms with Crippen LogP contribution in [0, 0.1) is 12.7 Å². The van der Waals surface area contributed by atoms with Gasteiger partial charge in [0.05, 0.1) is 23.1 Å². The number of amides is 1. The molecule has 2 heterocycles. The van der Waals surface area contributed by atoms with Gasteiger partial charge in [0.25, 0.3) is 5.91 Å². The molecule has 0 aliphatic rings. The van der Waals surface area contributed by atoms with Crippen molar-refractivity contribution in [2.24, 2.45) is 0 Å². The van der Waals surface area contributed by atoms with E-state index in [4.69, 9.17) is 5.73 Å². The van der Waals surface area contributed by atoms with Gasteiger partial charge in [-0.1, -0.05) is 0 Å². The summed E-state index contributed by atoms with van der Waals surface area (Å²) in [5, 5.41) is 2.61. The van der Waals surface area contributed by atoms with Crippen molar-refractivity contribution < 1.29 is 9.18 Å². The summed E-state index contributed by atoms with van der Waals surface area (Å²) in [6.07, 6.45) is 2.57. The normalized spacial score (nSPS) is 10.1. The number of nitrogens with two attached hydrogens (primary N) is 1. The van der Waals surface area contributed by atoms with Crippen molar-refractivity contribution in [3.63, 3.8) is 0 Å². The topological polar surface area (TPSA) is 80.9 Å². The molecule has 3 N–H and O–H groups in total. The highest BCUT2D eigenvalue weighted by Gasteiger charge is 2.13. The maximum atomic E-state index is 13.0. The largest absolute Gasteiger partial charge is 0.383 e. The monoisotopic (exact) mass is 246 g/mol. The number of aryl methyl sites for hydroxylation is 1. The van der Waals surface area contributed by atoms with Crippen LogP contribution in [0.25, 0.3) is 0 Å². The summed E-state index contributed by atoms with van der Waals surface area (Å²) < 4.78 is 13.0. The molecule has 0 unspecified atom stereocenters. The second-order valence-electron chi connectivity index (χ2n) is 3.68. The van der Waals surface area contributed by atoms with Gasteiger partial charge < -0.3 is 11.1 Å². The third-order valence-electron chi connectivity index (χ3n) is 2.38. The van der Waals surface area contributed by atoms with Gasteiger partial charge in [0.15, 0.2) is 0 Å². The van der Waals surface area contributed by atoms with Crippen molar-refractivity contribution in [3.05, 3.63) is 47.7 Å². The molecule has 0 saturated carbocycles. The fraction of sp³-hybridized carbons (Fsp3) is 0.0833. The molecule has 0 aliphatic heterocycles. The van der Waals surface area contributed by atoms with Crippen LogP contribution in [0.2, 0.25) is 0 Å². The van der Waals surface area contributed by atoms with Crippen molar-refractivity contribution in [2.45, 2.75) is 6.92 Å². The number of carbonyl (C=O) groups is 1. The number of nitrogen functional groups attached to an aromatic ring is 1. The molecule has 0 aliphatic carbocycles. The highest BCUT2D eigenvalue weighted by molar-refractivity contribution is 6.07. The predicted octanol–water partition coefficient (Wildman–Crippen LogP) is 1.76. The van der Waals surface area contributed by atoms with E-state index in [-0.39, 0.29) is 11.4 Å². The van der Waals surface area contributed by atoms with Gasteiger partial charge in [-0.05, 0) is 25.1 Å². The first kappa shape index (κ1) is 12.0. The van der Waals surface area contributed by atoms with Crippen molar-refractivity contribution in [2.75, 3.05) is 11.1 Å². The Morgan fingerprint density at radius 3 is 2.94 bits per heavy atom. The molecule has 1 amide bonds. The van der Waals surface area contributed by atoms with E-state index < -0.39 is 11.7 Å². The Bertz CT molecular complexity index is 600. The number of rotatable bonds is 2. The number of anilines is 2. The van der Waals surface area contributed by atoms with Gasteiger partial charge in [0.1, 0.15) is 11.6 Å². The molecule has 6 heteroatoms. The maximum absolute atomic E-state index is 13.0. The number of nitrogens with one attached hydrogen (secondary N) is 1. The van der Waals surface area contributed by atoms with Crippen LogP contribution in [0.3, 0.4) is 0 Å². The molecule has 0 spiro atoms. The molecule has 92 valence electrons. The molecule has 18 heavy (non-hydrogen) atoms. The lowest BCUT2D eigenvalue weighted by Gasteiger charge is -2.08. The highest BCUT2D eigenvalue weighted by Crippen LogP contribution is 2.15. The number of halogens is 1. The number of hydrogen-bond acceptors (Lipinski definition) is 4. The van der Waals surface area contributed by atoms with Gasteiger partial charge in [-0.25, -0.2) is 9.37 Å². The van der Waals surface area contributed by atoms with Crippen molar-refractivity contribution in [1.29, 1.82) is 0 Å². The maximum Gasteiger partial charge on any atom is 0.259 e. The van der Waals surface area contributed by atoms with E-state index in [2.05, 4.69) is 15.3 Å². The molecule has 0 saturated heterocycles. The minimum absolute atomic E-state index is 0.00162. The molecular weight excluding hydrogens is 235 g/mol. The zero-order valence-electron chi connectivity index (χ0n) is 9.64. The average Bonchev–Trinajstić information content (AvgIpc) is 2.35. The van der Waals surface area contributed by atoms with Gasteiger partial charge >= 0.3 is 0 Å². The standard InChI is InChI=1S/C12H11FN4O/c1-7-10(3-2-4-15-7)17-12(18)9-5-8(13)6-16-11(9)14/h2-6H,1H3,(H2,14,16)(H,17,18). The molecule has 0 radical (unpaired) electrons. The van der Waals surface area contributed by atoms with Crippen molar-refractivity contribution >= 4 is 17.4 Å². The number of aromatic nitrogens is 2. The first-order valence-electron chi connectivity index (χ1n) is 5.22. The van der Waals surface area contributed by atoms with E-state index in [0.717, 1.165) is 12.3 Å². The lowest BCUT2D eigenvalue weighted by Crippen LogP contribution is -2.16. The Morgan fingerprint density at radius 2 is 2.22 bits per heavy atom. The Balaban J connectivity index is 2.28. The summed E-state index contributed by atoms with van der Waals surface area (Å²) in [6.45, 7) is 1.75. The van der Waals surface area contributed by atoms with Gasteiger partial charge in [-0.15, -0.1) is 0 Å². The van der Waals surface area contributed by atoms with Crippen LogP contribution >= 0.6 is 0 Å². The Kier molecular flexibility index (Phi) is 3.18. The van der Waals surface area contributed by atoms with Crippen LogP contribution in [0.4, 0.5) is 15.9 Å². The summed E-state index contributed by atoms with van der Waals surface area (Å²) in [5.41, 5.74) is 6.73. The highest BCUT2D eigenvalue weighted by atomic mass is 19.1. The zero-order chi connectivity index (χ0) is 13.1. The summed E-state index contributed by atoms with van der Waals surface area (Å²) in [7, 11) is 0. The molecule has 2 rings (SSSR count). The number of hydrogen-bond donors (Lipinski definition) is 2. The van der Waals surface area contributed by atoms with E-state index in [1.165, 1.54) is 0 Å². The SMILES string of the molecule is Cc1ncccc1NC(=O)c1cc(F)cnc1N. The molecule has 0 fully saturated rings. The van der Waals surface area contributed by atoms with Gasteiger partial charge in [0, 0.05) is 6.20 Å². The first-order chi connectivity index (χ1) is 8.58. The minimum Gasteiger partial charge on any atom is -0.383 e. The van der Waals surface area contributed by atoms with E-state index >= 15 is 0 Å². The van der Waals surface area contributed by atoms with Crippen molar-refractivity contribution in [1.82, 2.24) is 9.97 Å². The van der Waals surface area contributed by atoms with Crippen molar-refractivity contribution in [3.8, 4) is 0 Å². The third-order valence-corrected chi connectivity index (χ3v) is 2.38. The minimum atomic E-state index is -0.614. The lowest BCUT2D eigenvalue weighted by molar-refractivity contribution is 0.102. The quantitative estimate of drug-likeness (QED) is 0.846. The molecule has 2 aromatic rings. The number of carbonyl (C=O) groups excluding carboxylic acids is 1. The van der Waals surface area contributed by atoms with E-state index in [0.29, 0.717) is 11.4 Å². The fourth-order valence-electron chi connectivity index (χ4n) is 1.44. The Labute approximate surface area is 103 Å². The van der Waals surface area contributed by atoms with Crippen LogP contribution in [-0.4, -0.2) is 15.9 Å². The molecule has 0 bridgehead atoms. The smallest absolute Gasteiger partial charge is 0.259 e. The second kappa shape index (κ2) is 4.79. The molecule has 2 aromatic heterocycles. The first-order valence-corrected chi connectivity index (χ1v) is 5.22. The Morgan fingerprint density at radius 1 is 1.44 bits per heavy atom. The number of nitrogens with zero attached hydrogens (tertiary/aromatic N) is 2. The average molecular weight is 246 g/mol. The van der Waals surface area contributed by atoms with Gasteiger partial charge in [-0.2, -0.15) is 0 Å². The number of pyridine rings is 2. The summed E-state index contributed by atoms with van der Waals surface area (Å²) in [6, 6.07) is 4.43. The molecule has 0 aromatic carbocycles. The fourth-order valence-corrected chi connectivity index (χ4v) is 1.44. The zero-order valence-corrected chi connectivity index (χ0v) is 9.64. The third kappa shape index (κ3) is 2.42. The lowest BCUT2D eigenvalue weighted by atomic mass is 10.2. The van der Waals surface area contributed by atoms with Crippen LogP contribution < -0.4 is 11.1 Å². The van der Waals surface area contributed by atoms with Gasteiger partial charge in [-0.3, -0.25) is 9.78 Å². The van der Waals surface area contributed by atoms with Gasteiger partial charge in [0.2, 0.25) is 0 Å². The van der Waals surface area contributed by atoms with Crippen LogP contribution in [0.1, 0.15) is 16.1 Å². The van der Waals surface area contributed by atoms with Crippen LogP contribution in [0.5, 0.6) is 0 Å². The molecule has 0 atom stereocenters. The summed E-state index contributed by atoms with van der Waals surface area (Å²) in [4.78, 5) is 19.5. The van der Waals surface area contributed by atoms with Crippen LogP contribution in [-0.2, 0) is 0 Å². The second-order valence-corrected chi connectivity index (χ2v) is 3.68.